The molecule has 0 radical (unpaired) electrons. The monoisotopic (exact) mass is 304 g/mol. The van der Waals surface area contributed by atoms with E-state index in [9.17, 15) is 9.90 Å². The lowest BCUT2D eigenvalue weighted by Gasteiger charge is -2.15. The van der Waals surface area contributed by atoms with Crippen LogP contribution in [0.15, 0.2) is 36.4 Å². The lowest BCUT2D eigenvalue weighted by molar-refractivity contribution is 0.0698. The third-order valence-electron chi connectivity index (χ3n) is 2.98. The minimum atomic E-state index is -1.04. The Balaban J connectivity index is 2.24. The lowest BCUT2D eigenvalue weighted by atomic mass is 10.2. The van der Waals surface area contributed by atoms with Crippen molar-refractivity contribution in [3.05, 3.63) is 42.0 Å². The van der Waals surface area contributed by atoms with E-state index >= 15 is 0 Å². The SMILES string of the molecule is COc1cc(NNc2ccccc2C(=O)O)cc(OC)c1O. The molecule has 7 heteroatoms. The fourth-order valence-electron chi connectivity index (χ4n) is 1.88. The Morgan fingerprint density at radius 2 is 1.64 bits per heavy atom. The molecule has 0 heterocycles. The summed E-state index contributed by atoms with van der Waals surface area (Å²) in [5, 5.41) is 19.0. The smallest absolute Gasteiger partial charge is 0.337 e. The summed E-state index contributed by atoms with van der Waals surface area (Å²) < 4.78 is 10.1. The number of carbonyl (C=O) groups is 1. The van der Waals surface area contributed by atoms with Crippen molar-refractivity contribution in [2.75, 3.05) is 25.1 Å². The van der Waals surface area contributed by atoms with Crippen LogP contribution in [-0.2, 0) is 0 Å². The highest BCUT2D eigenvalue weighted by molar-refractivity contribution is 5.94. The topological polar surface area (TPSA) is 100 Å². The first-order valence-electron chi connectivity index (χ1n) is 6.36. The fraction of sp³-hybridized carbons (Fsp3) is 0.133. The molecule has 0 aliphatic rings. The summed E-state index contributed by atoms with van der Waals surface area (Å²) in [7, 11) is 2.84. The number of aromatic carboxylic acids is 1. The molecule has 4 N–H and O–H groups in total. The molecule has 0 aliphatic heterocycles. The number of para-hydroxylation sites is 1. The van der Waals surface area contributed by atoms with Crippen LogP contribution in [0.4, 0.5) is 11.4 Å². The summed E-state index contributed by atoms with van der Waals surface area (Å²) in [4.78, 5) is 11.1. The number of ether oxygens (including phenoxy) is 2. The number of anilines is 2. The molecule has 116 valence electrons. The Bertz CT molecular complexity index is 662. The van der Waals surface area contributed by atoms with Gasteiger partial charge in [-0.15, -0.1) is 0 Å². The molecule has 22 heavy (non-hydrogen) atoms. The Labute approximate surface area is 127 Å². The van der Waals surface area contributed by atoms with Crippen LogP contribution in [0.1, 0.15) is 10.4 Å². The molecule has 2 aromatic rings. The van der Waals surface area contributed by atoms with Crippen molar-refractivity contribution >= 4 is 17.3 Å². The predicted molar refractivity (Wildman–Crippen MR) is 81.9 cm³/mol. The Hall–Kier alpha value is -3.09. The number of benzene rings is 2. The van der Waals surface area contributed by atoms with Gasteiger partial charge >= 0.3 is 5.97 Å². The number of nitrogens with one attached hydrogen (secondary N) is 2. The van der Waals surface area contributed by atoms with E-state index < -0.39 is 5.97 Å². The van der Waals surface area contributed by atoms with Crippen molar-refractivity contribution in [3.8, 4) is 17.2 Å². The van der Waals surface area contributed by atoms with Crippen LogP contribution >= 0.6 is 0 Å². The van der Waals surface area contributed by atoms with Gasteiger partial charge in [-0.05, 0) is 12.1 Å². The lowest BCUT2D eigenvalue weighted by Crippen LogP contribution is -2.12. The molecule has 0 amide bonds. The van der Waals surface area contributed by atoms with E-state index in [4.69, 9.17) is 14.6 Å². The van der Waals surface area contributed by atoms with E-state index in [0.29, 0.717) is 11.4 Å². The number of carboxylic acid groups (broad SMARTS) is 1. The maximum absolute atomic E-state index is 11.1. The Morgan fingerprint density at radius 3 is 2.18 bits per heavy atom. The summed E-state index contributed by atoms with van der Waals surface area (Å²) in [5.74, 6) is -0.683. The predicted octanol–water partition coefficient (Wildman–Crippen LogP) is 2.55. The number of phenolic OH excluding ortho intramolecular Hbond substituents is 1. The molecule has 2 rings (SSSR count). The van der Waals surface area contributed by atoms with Crippen LogP contribution in [0.2, 0.25) is 0 Å². The third kappa shape index (κ3) is 3.14. The first-order valence-corrected chi connectivity index (χ1v) is 6.36. The third-order valence-corrected chi connectivity index (χ3v) is 2.98. The fourth-order valence-corrected chi connectivity index (χ4v) is 1.88. The number of phenols is 1. The van der Waals surface area contributed by atoms with Crippen molar-refractivity contribution in [1.29, 1.82) is 0 Å². The van der Waals surface area contributed by atoms with Gasteiger partial charge in [-0.1, -0.05) is 12.1 Å². The number of hydrogen-bond acceptors (Lipinski definition) is 6. The summed E-state index contributed by atoms with van der Waals surface area (Å²) in [5.41, 5.74) is 6.73. The van der Waals surface area contributed by atoms with E-state index in [2.05, 4.69) is 10.9 Å². The minimum absolute atomic E-state index is 0.110. The van der Waals surface area contributed by atoms with Crippen molar-refractivity contribution in [3.63, 3.8) is 0 Å². The second-order valence-corrected chi connectivity index (χ2v) is 4.33. The molecule has 0 saturated heterocycles. The first-order chi connectivity index (χ1) is 10.6. The van der Waals surface area contributed by atoms with Gasteiger partial charge in [0.1, 0.15) is 0 Å². The summed E-state index contributed by atoms with van der Waals surface area (Å²) in [6, 6.07) is 9.58. The van der Waals surface area contributed by atoms with Gasteiger partial charge in [0, 0.05) is 12.1 Å². The van der Waals surface area contributed by atoms with Crippen LogP contribution in [-0.4, -0.2) is 30.4 Å². The number of carboxylic acids is 1. The number of hydrazine groups is 1. The standard InChI is InChI=1S/C15H16N2O5/c1-21-12-7-9(8-13(22-2)14(12)18)16-17-11-6-4-3-5-10(11)15(19)20/h3-8,16-18H,1-2H3,(H,19,20). The second kappa shape index (κ2) is 6.57. The number of methoxy groups -OCH3 is 2. The van der Waals surface area contributed by atoms with Crippen LogP contribution in [0.5, 0.6) is 17.2 Å². The number of aromatic hydroxyl groups is 1. The van der Waals surface area contributed by atoms with Crippen LogP contribution < -0.4 is 20.3 Å². The Morgan fingerprint density at radius 1 is 1.05 bits per heavy atom. The van der Waals surface area contributed by atoms with Crippen molar-refractivity contribution in [2.45, 2.75) is 0 Å². The minimum Gasteiger partial charge on any atom is -0.502 e. The summed E-state index contributed by atoms with van der Waals surface area (Å²) >= 11 is 0. The van der Waals surface area contributed by atoms with Gasteiger partial charge < -0.3 is 30.5 Å². The van der Waals surface area contributed by atoms with Gasteiger partial charge in [0.05, 0.1) is 31.2 Å². The quantitative estimate of drug-likeness (QED) is 0.480. The highest BCUT2D eigenvalue weighted by atomic mass is 16.5. The second-order valence-electron chi connectivity index (χ2n) is 4.33. The molecule has 0 saturated carbocycles. The molecular formula is C15H16N2O5. The van der Waals surface area contributed by atoms with Crippen molar-refractivity contribution < 1.29 is 24.5 Å². The van der Waals surface area contributed by atoms with Gasteiger partial charge in [-0.2, -0.15) is 0 Å². The first kappa shape index (κ1) is 15.3. The van der Waals surface area contributed by atoms with Crippen LogP contribution in [0, 0.1) is 0 Å². The van der Waals surface area contributed by atoms with Crippen LogP contribution in [0.25, 0.3) is 0 Å². The summed E-state index contributed by atoms with van der Waals surface area (Å²) in [6.45, 7) is 0. The highest BCUT2D eigenvalue weighted by Gasteiger charge is 2.12. The van der Waals surface area contributed by atoms with Gasteiger partial charge in [0.2, 0.25) is 5.75 Å². The average Bonchev–Trinajstić information content (AvgIpc) is 2.53. The van der Waals surface area contributed by atoms with Crippen molar-refractivity contribution in [2.24, 2.45) is 0 Å². The molecule has 0 spiro atoms. The van der Waals surface area contributed by atoms with Crippen molar-refractivity contribution in [1.82, 2.24) is 0 Å². The molecule has 2 aromatic carbocycles. The molecule has 0 atom stereocenters. The van der Waals surface area contributed by atoms with Gasteiger partial charge in [0.25, 0.3) is 0 Å². The molecule has 0 unspecified atom stereocenters. The zero-order chi connectivity index (χ0) is 16.1. The molecule has 7 nitrogen and oxygen atoms in total. The molecule has 0 aromatic heterocycles. The average molecular weight is 304 g/mol. The molecular weight excluding hydrogens is 288 g/mol. The van der Waals surface area contributed by atoms with E-state index in [1.807, 2.05) is 0 Å². The zero-order valence-corrected chi connectivity index (χ0v) is 12.1. The maximum Gasteiger partial charge on any atom is 0.337 e. The zero-order valence-electron chi connectivity index (χ0n) is 12.1. The van der Waals surface area contributed by atoms with E-state index in [0.717, 1.165) is 0 Å². The van der Waals surface area contributed by atoms with E-state index in [1.165, 1.54) is 20.3 Å². The maximum atomic E-state index is 11.1. The van der Waals surface area contributed by atoms with Crippen LogP contribution in [0.3, 0.4) is 0 Å². The number of rotatable bonds is 6. The van der Waals surface area contributed by atoms with Gasteiger partial charge in [0.15, 0.2) is 11.5 Å². The van der Waals surface area contributed by atoms with E-state index in [1.54, 1.807) is 30.3 Å². The molecule has 0 aliphatic carbocycles. The molecule has 0 bridgehead atoms. The highest BCUT2D eigenvalue weighted by Crippen LogP contribution is 2.38. The number of hydrogen-bond donors (Lipinski definition) is 4. The normalized spacial score (nSPS) is 9.91. The summed E-state index contributed by atoms with van der Waals surface area (Å²) in [6.07, 6.45) is 0. The Kier molecular flexibility index (Phi) is 4.57. The van der Waals surface area contributed by atoms with Gasteiger partial charge in [-0.3, -0.25) is 0 Å². The largest absolute Gasteiger partial charge is 0.502 e. The van der Waals surface area contributed by atoms with E-state index in [-0.39, 0.29) is 22.8 Å². The molecule has 0 fully saturated rings. The van der Waals surface area contributed by atoms with Gasteiger partial charge in [-0.25, -0.2) is 4.79 Å².